The summed E-state index contributed by atoms with van der Waals surface area (Å²) in [6, 6.07) is 45.5. The first-order valence-electron chi connectivity index (χ1n) is 16.9. The van der Waals surface area contributed by atoms with Gasteiger partial charge in [0.05, 0.1) is 0 Å². The third-order valence-corrected chi connectivity index (χ3v) is 8.33. The van der Waals surface area contributed by atoms with Crippen molar-refractivity contribution in [2.75, 3.05) is 0 Å². The average Bonchev–Trinajstić information content (AvgIpc) is 3.39. The Hall–Kier alpha value is -4.43. The molecular weight excluding hydrogens is 737 g/mol. The summed E-state index contributed by atoms with van der Waals surface area (Å²) in [4.78, 5) is 8.84. The van der Waals surface area contributed by atoms with E-state index in [2.05, 4.69) is 130 Å². The van der Waals surface area contributed by atoms with E-state index in [0.717, 1.165) is 22.5 Å². The number of hydrogen-bond acceptors (Lipinski definition) is 2. The topological polar surface area (TPSA) is 25.8 Å². The molecule has 46 heavy (non-hydrogen) atoms. The van der Waals surface area contributed by atoms with Crippen molar-refractivity contribution in [3.63, 3.8) is 0 Å². The van der Waals surface area contributed by atoms with Crippen LogP contribution in [0.2, 0.25) is 0 Å². The molecule has 1 aliphatic carbocycles. The third kappa shape index (κ3) is 7.02. The normalized spacial score (nSPS) is 14.0. The number of aromatic nitrogens is 2. The first-order chi connectivity index (χ1) is 23.0. The van der Waals surface area contributed by atoms with Crippen molar-refractivity contribution < 1.29 is 24.2 Å². The largest absolute Gasteiger partial charge is 0.304 e. The molecule has 4 aromatic carbocycles. The number of fused-ring (bicyclic) bond motifs is 1. The molecule has 0 atom stereocenters. The molecule has 6 aromatic rings. The van der Waals surface area contributed by atoms with Crippen molar-refractivity contribution in [2.45, 2.75) is 45.9 Å². The Morgan fingerprint density at radius 1 is 0.739 bits per heavy atom. The predicted octanol–water partition coefficient (Wildman–Crippen LogP) is 11.0. The Morgan fingerprint density at radius 2 is 1.46 bits per heavy atom. The van der Waals surface area contributed by atoms with Crippen LogP contribution in [0.25, 0.3) is 45.3 Å². The fourth-order valence-corrected chi connectivity index (χ4v) is 5.95. The van der Waals surface area contributed by atoms with E-state index < -0.39 is 6.85 Å². The van der Waals surface area contributed by atoms with Gasteiger partial charge in [0, 0.05) is 42.3 Å². The van der Waals surface area contributed by atoms with Crippen LogP contribution < -0.4 is 0 Å². The molecular formula is C43H38IrN2-2. The van der Waals surface area contributed by atoms with Gasteiger partial charge in [0.1, 0.15) is 0 Å². The van der Waals surface area contributed by atoms with Crippen molar-refractivity contribution in [3.8, 4) is 33.6 Å². The van der Waals surface area contributed by atoms with Crippen LogP contribution in [0.3, 0.4) is 0 Å². The van der Waals surface area contributed by atoms with Gasteiger partial charge in [-0.2, -0.15) is 0 Å². The van der Waals surface area contributed by atoms with Crippen LogP contribution in [0.5, 0.6) is 0 Å². The summed E-state index contributed by atoms with van der Waals surface area (Å²) < 4.78 is 21.7. The average molecular weight is 778 g/mol. The smallest absolute Gasteiger partial charge is 0.0280 e. The second-order valence-electron chi connectivity index (χ2n) is 12.1. The minimum Gasteiger partial charge on any atom is -0.304 e. The molecule has 3 heteroatoms. The fourth-order valence-electron chi connectivity index (χ4n) is 5.95. The van der Waals surface area contributed by atoms with E-state index in [0.29, 0.717) is 5.92 Å². The van der Waals surface area contributed by atoms with Gasteiger partial charge in [0.2, 0.25) is 0 Å². The van der Waals surface area contributed by atoms with Gasteiger partial charge in [0.15, 0.2) is 0 Å². The van der Waals surface area contributed by atoms with Gasteiger partial charge >= 0.3 is 0 Å². The van der Waals surface area contributed by atoms with Crippen molar-refractivity contribution in [1.29, 1.82) is 0 Å². The summed E-state index contributed by atoms with van der Waals surface area (Å²) in [5.41, 5.74) is 12.7. The van der Waals surface area contributed by atoms with Gasteiger partial charge in [-0.25, -0.2) is 0 Å². The molecule has 0 saturated carbocycles. The van der Waals surface area contributed by atoms with Crippen molar-refractivity contribution >= 4 is 11.6 Å². The predicted molar refractivity (Wildman–Crippen MR) is 189 cm³/mol. The van der Waals surface area contributed by atoms with Gasteiger partial charge in [-0.3, -0.25) is 4.98 Å². The molecule has 0 spiro atoms. The Morgan fingerprint density at radius 3 is 2.09 bits per heavy atom. The van der Waals surface area contributed by atoms with Crippen molar-refractivity contribution in [2.24, 2.45) is 0 Å². The number of rotatable bonds is 5. The second-order valence-corrected chi connectivity index (χ2v) is 12.1. The molecule has 2 heterocycles. The van der Waals surface area contributed by atoms with Crippen LogP contribution in [-0.4, -0.2) is 9.97 Å². The first-order valence-corrected chi connectivity index (χ1v) is 15.4. The summed E-state index contributed by atoms with van der Waals surface area (Å²) >= 11 is 0. The van der Waals surface area contributed by atoms with E-state index in [1.165, 1.54) is 45.2 Å². The summed E-state index contributed by atoms with van der Waals surface area (Å²) in [7, 11) is 0. The molecule has 0 saturated heterocycles. The monoisotopic (exact) mass is 778 g/mol. The maximum Gasteiger partial charge on any atom is 0.0280 e. The van der Waals surface area contributed by atoms with E-state index in [1.54, 1.807) is 18.2 Å². The van der Waals surface area contributed by atoms with Crippen LogP contribution >= 0.6 is 0 Å². The maximum atomic E-state index is 7.23. The summed E-state index contributed by atoms with van der Waals surface area (Å²) in [6.07, 6.45) is 5.64. The second kappa shape index (κ2) is 14.3. The van der Waals surface area contributed by atoms with E-state index in [-0.39, 0.29) is 31.1 Å². The summed E-state index contributed by atoms with van der Waals surface area (Å²) in [5, 5.41) is 0. The molecule has 0 aliphatic heterocycles. The molecule has 1 radical (unpaired) electrons. The van der Waals surface area contributed by atoms with Crippen LogP contribution in [0.4, 0.5) is 0 Å². The summed E-state index contributed by atoms with van der Waals surface area (Å²) in [5.74, 6) is 0.461. The van der Waals surface area contributed by atoms with Crippen LogP contribution in [0.15, 0.2) is 128 Å². The standard InChI is InChI=1S/C31H28N.C12H10N.Ir/c1-21(2)24-15-16-32-29(20-24)25-17-26-19-28(23-13-9-6-10-14-23)31(3,4)30(26)27(18-25)22-11-7-5-8-12-22;1-10-7-8-12(13-9-10)11-5-3-2-4-6-11;/h5-16,18-21H,1-4H3;2-5,7-9H,1H3;/q2*-1;/i;1D3;. The Labute approximate surface area is 291 Å². The number of aryl methyl sites for hydroxylation is 1. The molecule has 0 unspecified atom stereocenters. The molecule has 0 bridgehead atoms. The van der Waals surface area contributed by atoms with Gasteiger partial charge in [0.25, 0.3) is 0 Å². The maximum absolute atomic E-state index is 7.23. The van der Waals surface area contributed by atoms with Crippen LogP contribution in [0.1, 0.15) is 65.5 Å². The zero-order chi connectivity index (χ0) is 33.9. The zero-order valence-electron chi connectivity index (χ0n) is 29.5. The van der Waals surface area contributed by atoms with Gasteiger partial charge in [-0.1, -0.05) is 129 Å². The van der Waals surface area contributed by atoms with Crippen molar-refractivity contribution in [3.05, 3.63) is 168 Å². The molecule has 7 rings (SSSR count). The quantitative estimate of drug-likeness (QED) is 0.163. The van der Waals surface area contributed by atoms with Crippen LogP contribution in [-0.2, 0) is 25.5 Å². The number of hydrogen-bond donors (Lipinski definition) is 0. The molecule has 2 aromatic heterocycles. The minimum absolute atomic E-state index is 0. The number of benzene rings is 4. The van der Waals surface area contributed by atoms with Gasteiger partial charge in [-0.15, -0.1) is 59.7 Å². The van der Waals surface area contributed by atoms with E-state index in [4.69, 9.17) is 9.10 Å². The molecule has 0 amide bonds. The minimum atomic E-state index is -2.09. The Bertz CT molecular complexity index is 2040. The van der Waals surface area contributed by atoms with Gasteiger partial charge in [-0.05, 0) is 52.2 Å². The first kappa shape index (κ1) is 29.0. The van der Waals surface area contributed by atoms with Gasteiger partial charge < -0.3 is 4.98 Å². The third-order valence-electron chi connectivity index (χ3n) is 8.33. The fraction of sp³-hybridized carbons (Fsp3) is 0.163. The Balaban J connectivity index is 0.000000233. The Kier molecular flexibility index (Phi) is 9.04. The molecule has 0 N–H and O–H groups in total. The number of nitrogens with zero attached hydrogens (tertiary/aromatic N) is 2. The molecule has 2 nitrogen and oxygen atoms in total. The van der Waals surface area contributed by atoms with Crippen LogP contribution in [0, 0.1) is 19.0 Å². The van der Waals surface area contributed by atoms with Crippen molar-refractivity contribution in [1.82, 2.24) is 9.97 Å². The molecule has 231 valence electrons. The number of pyridine rings is 2. The molecule has 0 fully saturated rings. The van der Waals surface area contributed by atoms with E-state index in [1.807, 2.05) is 24.4 Å². The van der Waals surface area contributed by atoms with E-state index >= 15 is 0 Å². The number of allylic oxidation sites excluding steroid dienone is 1. The molecule has 1 aliphatic rings. The summed E-state index contributed by atoms with van der Waals surface area (Å²) in [6.45, 7) is 7.01. The van der Waals surface area contributed by atoms with E-state index in [9.17, 15) is 0 Å². The zero-order valence-corrected chi connectivity index (χ0v) is 28.9. The SMILES string of the molecule is CC(C)c1ccnc(-c2[c-]c3c(c(-c4ccccc4)c2)C(C)(C)C(c2ccccc2)=C3)c1.[2H]C([2H])([2H])c1ccc(-c2[c-]cccc2)nc1.[Ir].